The van der Waals surface area contributed by atoms with Crippen molar-refractivity contribution in [3.05, 3.63) is 48.3 Å². The summed E-state index contributed by atoms with van der Waals surface area (Å²) >= 11 is 1.56. The molecule has 1 aromatic heterocycles. The third-order valence-electron chi connectivity index (χ3n) is 2.99. The van der Waals surface area contributed by atoms with E-state index in [1.807, 2.05) is 6.92 Å². The van der Waals surface area contributed by atoms with E-state index in [9.17, 15) is 9.90 Å². The van der Waals surface area contributed by atoms with Gasteiger partial charge in [-0.05, 0) is 37.3 Å². The molecule has 96 valence electrons. The van der Waals surface area contributed by atoms with Crippen molar-refractivity contribution in [1.82, 2.24) is 4.98 Å². The molecule has 3 rings (SSSR count). The first-order valence-electron chi connectivity index (χ1n) is 5.90. The fraction of sp³-hybridized carbons (Fsp3) is 0.143. The molecule has 19 heavy (non-hydrogen) atoms. The number of benzene rings is 1. The Balaban J connectivity index is 2.01. The summed E-state index contributed by atoms with van der Waals surface area (Å²) in [6, 6.07) is 8.56. The monoisotopic (exact) mass is 272 g/mol. The zero-order valence-corrected chi connectivity index (χ0v) is 11.1. The molecular weight excluding hydrogens is 260 g/mol. The van der Waals surface area contributed by atoms with Gasteiger partial charge >= 0.3 is 0 Å². The Morgan fingerprint density at radius 1 is 1.42 bits per heavy atom. The van der Waals surface area contributed by atoms with Crippen molar-refractivity contribution in [3.63, 3.8) is 0 Å². The van der Waals surface area contributed by atoms with Crippen LogP contribution in [0.4, 0.5) is 5.69 Å². The van der Waals surface area contributed by atoms with Crippen LogP contribution in [0.25, 0.3) is 0 Å². The van der Waals surface area contributed by atoms with Crippen LogP contribution in [0.1, 0.15) is 17.3 Å². The minimum Gasteiger partial charge on any atom is -0.508 e. The molecule has 1 unspecified atom stereocenters. The average Bonchev–Trinajstić information content (AvgIpc) is 2.74. The molecule has 1 aliphatic heterocycles. The van der Waals surface area contributed by atoms with E-state index >= 15 is 0 Å². The number of amides is 1. The maximum atomic E-state index is 12.5. The SMILES string of the molecule is CC1Sc2cc(O)ccc2N1C(=O)c1cccnc1. The van der Waals surface area contributed by atoms with Gasteiger partial charge < -0.3 is 5.11 Å². The second kappa shape index (κ2) is 4.59. The molecule has 2 heterocycles. The first-order chi connectivity index (χ1) is 9.16. The lowest BCUT2D eigenvalue weighted by Gasteiger charge is -2.21. The topological polar surface area (TPSA) is 53.4 Å². The van der Waals surface area contributed by atoms with Gasteiger partial charge in [-0.25, -0.2) is 0 Å². The summed E-state index contributed by atoms with van der Waals surface area (Å²) in [4.78, 5) is 19.1. The molecule has 1 aromatic carbocycles. The molecule has 4 nitrogen and oxygen atoms in total. The standard InChI is InChI=1S/C14H12N2O2S/c1-9-16(14(18)10-3-2-6-15-8-10)12-5-4-11(17)7-13(12)19-9/h2-9,17H,1H3. The van der Waals surface area contributed by atoms with Crippen LogP contribution in [-0.2, 0) is 0 Å². The molecule has 0 saturated heterocycles. The lowest BCUT2D eigenvalue weighted by molar-refractivity contribution is 0.0986. The van der Waals surface area contributed by atoms with Gasteiger partial charge in [-0.3, -0.25) is 14.7 Å². The van der Waals surface area contributed by atoms with Crippen molar-refractivity contribution >= 4 is 23.4 Å². The first kappa shape index (κ1) is 12.0. The lowest BCUT2D eigenvalue weighted by Crippen LogP contribution is -2.33. The number of nitrogens with zero attached hydrogens (tertiary/aromatic N) is 2. The summed E-state index contributed by atoms with van der Waals surface area (Å²) in [5.41, 5.74) is 1.40. The van der Waals surface area contributed by atoms with Gasteiger partial charge in [-0.1, -0.05) is 11.8 Å². The van der Waals surface area contributed by atoms with Gasteiger partial charge in [-0.15, -0.1) is 0 Å². The predicted molar refractivity (Wildman–Crippen MR) is 74.5 cm³/mol. The van der Waals surface area contributed by atoms with Gasteiger partial charge in [0.05, 0.1) is 16.6 Å². The molecule has 2 aromatic rings. The van der Waals surface area contributed by atoms with E-state index in [-0.39, 0.29) is 17.0 Å². The zero-order chi connectivity index (χ0) is 13.4. The summed E-state index contributed by atoms with van der Waals surface area (Å²) in [5.74, 6) is 0.145. The maximum absolute atomic E-state index is 12.5. The van der Waals surface area contributed by atoms with Crippen LogP contribution in [0.5, 0.6) is 5.75 Å². The van der Waals surface area contributed by atoms with Crippen LogP contribution in [0.15, 0.2) is 47.6 Å². The molecule has 0 spiro atoms. The van der Waals surface area contributed by atoms with E-state index in [2.05, 4.69) is 4.98 Å². The number of aromatic hydroxyl groups is 1. The largest absolute Gasteiger partial charge is 0.508 e. The van der Waals surface area contributed by atoms with Crippen LogP contribution >= 0.6 is 11.8 Å². The first-order valence-corrected chi connectivity index (χ1v) is 6.78. The van der Waals surface area contributed by atoms with E-state index < -0.39 is 0 Å². The van der Waals surface area contributed by atoms with E-state index in [0.717, 1.165) is 10.6 Å². The minimum atomic E-state index is -0.0717. The summed E-state index contributed by atoms with van der Waals surface area (Å²) in [6.45, 7) is 1.97. The molecule has 1 N–H and O–H groups in total. The number of anilines is 1. The highest BCUT2D eigenvalue weighted by Crippen LogP contribution is 2.45. The van der Waals surface area contributed by atoms with E-state index in [0.29, 0.717) is 5.56 Å². The summed E-state index contributed by atoms with van der Waals surface area (Å²) in [5, 5.41) is 9.50. The van der Waals surface area contributed by atoms with Crippen molar-refractivity contribution in [1.29, 1.82) is 0 Å². The Bertz CT molecular complexity index is 631. The number of hydrogen-bond donors (Lipinski definition) is 1. The van der Waals surface area contributed by atoms with Gasteiger partial charge in [0.15, 0.2) is 0 Å². The smallest absolute Gasteiger partial charge is 0.260 e. The Morgan fingerprint density at radius 3 is 3.00 bits per heavy atom. The van der Waals surface area contributed by atoms with Gasteiger partial charge in [-0.2, -0.15) is 0 Å². The maximum Gasteiger partial charge on any atom is 0.260 e. The van der Waals surface area contributed by atoms with Crippen LogP contribution in [-0.4, -0.2) is 21.4 Å². The summed E-state index contributed by atoms with van der Waals surface area (Å²) in [7, 11) is 0. The van der Waals surface area contributed by atoms with E-state index in [1.165, 1.54) is 0 Å². The number of carbonyl (C=O) groups is 1. The number of carbonyl (C=O) groups excluding carboxylic acids is 1. The Kier molecular flexibility index (Phi) is 2.91. The number of aromatic nitrogens is 1. The number of rotatable bonds is 1. The molecule has 0 fully saturated rings. The Hall–Kier alpha value is -2.01. The fourth-order valence-corrected chi connectivity index (χ4v) is 3.29. The highest BCUT2D eigenvalue weighted by molar-refractivity contribution is 8.00. The second-order valence-electron chi connectivity index (χ2n) is 4.29. The lowest BCUT2D eigenvalue weighted by atomic mass is 10.2. The number of pyridine rings is 1. The Labute approximate surface area is 115 Å². The van der Waals surface area contributed by atoms with Gasteiger partial charge in [0.25, 0.3) is 5.91 Å². The number of phenols is 1. The summed E-state index contributed by atoms with van der Waals surface area (Å²) in [6.07, 6.45) is 3.21. The minimum absolute atomic E-state index is 0.00417. The third-order valence-corrected chi connectivity index (χ3v) is 4.12. The van der Waals surface area contributed by atoms with Crippen LogP contribution < -0.4 is 4.90 Å². The Morgan fingerprint density at radius 2 is 2.26 bits per heavy atom. The molecule has 1 atom stereocenters. The molecule has 0 saturated carbocycles. The van der Waals surface area contributed by atoms with Crippen molar-refractivity contribution in [2.45, 2.75) is 17.2 Å². The van der Waals surface area contributed by atoms with Crippen LogP contribution in [0.3, 0.4) is 0 Å². The molecule has 1 amide bonds. The van der Waals surface area contributed by atoms with Crippen molar-refractivity contribution in [3.8, 4) is 5.75 Å². The number of hydrogen-bond acceptors (Lipinski definition) is 4. The van der Waals surface area contributed by atoms with Gasteiger partial charge in [0, 0.05) is 17.3 Å². The quantitative estimate of drug-likeness (QED) is 0.867. The van der Waals surface area contributed by atoms with Crippen LogP contribution in [0, 0.1) is 0 Å². The highest BCUT2D eigenvalue weighted by Gasteiger charge is 2.32. The number of thioether (sulfide) groups is 1. The van der Waals surface area contributed by atoms with Crippen LogP contribution in [0.2, 0.25) is 0 Å². The van der Waals surface area contributed by atoms with E-state index in [4.69, 9.17) is 0 Å². The van der Waals surface area contributed by atoms with Crippen molar-refractivity contribution in [2.24, 2.45) is 0 Å². The normalized spacial score (nSPS) is 17.3. The highest BCUT2D eigenvalue weighted by atomic mass is 32.2. The van der Waals surface area contributed by atoms with Gasteiger partial charge in [0.2, 0.25) is 0 Å². The number of phenolic OH excluding ortho intramolecular Hbond substituents is 1. The van der Waals surface area contributed by atoms with E-state index in [1.54, 1.807) is 59.4 Å². The van der Waals surface area contributed by atoms with Crippen molar-refractivity contribution in [2.75, 3.05) is 4.90 Å². The fourth-order valence-electron chi connectivity index (χ4n) is 2.13. The molecular formula is C14H12N2O2S. The second-order valence-corrected chi connectivity index (χ2v) is 5.64. The molecule has 5 heteroatoms. The molecule has 0 radical (unpaired) electrons. The zero-order valence-electron chi connectivity index (χ0n) is 10.3. The number of fused-ring (bicyclic) bond motifs is 1. The predicted octanol–water partition coefficient (Wildman–Crippen LogP) is 2.89. The van der Waals surface area contributed by atoms with Crippen molar-refractivity contribution < 1.29 is 9.90 Å². The van der Waals surface area contributed by atoms with Gasteiger partial charge in [0.1, 0.15) is 5.75 Å². The summed E-state index contributed by atoms with van der Waals surface area (Å²) < 4.78 is 0. The molecule has 1 aliphatic rings. The average molecular weight is 272 g/mol. The molecule has 0 bridgehead atoms. The molecule has 0 aliphatic carbocycles. The third kappa shape index (κ3) is 2.06.